The first-order chi connectivity index (χ1) is 10.2. The Bertz CT molecular complexity index is 790. The third-order valence-electron chi connectivity index (χ3n) is 2.90. The second-order valence-electron chi connectivity index (χ2n) is 4.21. The number of anilines is 1. The van der Waals surface area contributed by atoms with Crippen molar-refractivity contribution in [3.63, 3.8) is 0 Å². The van der Waals surface area contributed by atoms with Crippen molar-refractivity contribution in [2.24, 2.45) is 5.84 Å². The number of hydrogen-bond donors (Lipinski definition) is 3. The zero-order valence-electron chi connectivity index (χ0n) is 10.8. The monoisotopic (exact) mass is 288 g/mol. The number of carbonyl (C=O) groups excluding carboxylic acids is 1. The molecule has 0 aliphatic rings. The standard InChI is InChI=1S/C10H12N10O/c11-8-7-9(14-4-13-8)19(5-15-7)1-2-20-3-6(17-18-20)10(21)16-12/h3-5H,1-2,12H2,(H,16,21)(H2,11,13,14). The van der Waals surface area contributed by atoms with Crippen LogP contribution in [0.2, 0.25) is 0 Å². The minimum Gasteiger partial charge on any atom is -0.382 e. The van der Waals surface area contributed by atoms with Crippen LogP contribution >= 0.6 is 0 Å². The predicted molar refractivity (Wildman–Crippen MR) is 71.4 cm³/mol. The number of nitrogen functional groups attached to an aromatic ring is 2. The maximum absolute atomic E-state index is 11.3. The van der Waals surface area contributed by atoms with Crippen molar-refractivity contribution >= 4 is 22.9 Å². The first kappa shape index (κ1) is 12.9. The van der Waals surface area contributed by atoms with Crippen LogP contribution < -0.4 is 17.0 Å². The third-order valence-corrected chi connectivity index (χ3v) is 2.90. The van der Waals surface area contributed by atoms with E-state index in [1.54, 1.807) is 6.33 Å². The molecule has 0 aromatic carbocycles. The summed E-state index contributed by atoms with van der Waals surface area (Å²) in [5.41, 5.74) is 9.06. The number of aromatic nitrogens is 7. The zero-order valence-corrected chi connectivity index (χ0v) is 10.8. The summed E-state index contributed by atoms with van der Waals surface area (Å²) >= 11 is 0. The number of carbonyl (C=O) groups is 1. The molecule has 0 radical (unpaired) electrons. The Balaban J connectivity index is 1.76. The van der Waals surface area contributed by atoms with E-state index >= 15 is 0 Å². The number of rotatable bonds is 4. The van der Waals surface area contributed by atoms with Crippen LogP contribution in [0.15, 0.2) is 18.9 Å². The average molecular weight is 288 g/mol. The van der Waals surface area contributed by atoms with Gasteiger partial charge in [-0.2, -0.15) is 0 Å². The summed E-state index contributed by atoms with van der Waals surface area (Å²) in [6, 6.07) is 0. The van der Waals surface area contributed by atoms with Gasteiger partial charge in [0.2, 0.25) is 0 Å². The highest BCUT2D eigenvalue weighted by Crippen LogP contribution is 2.13. The fourth-order valence-electron chi connectivity index (χ4n) is 1.86. The predicted octanol–water partition coefficient (Wildman–Crippen LogP) is -1.70. The van der Waals surface area contributed by atoms with Gasteiger partial charge < -0.3 is 10.3 Å². The summed E-state index contributed by atoms with van der Waals surface area (Å²) < 4.78 is 3.35. The lowest BCUT2D eigenvalue weighted by molar-refractivity contribution is 0.0948. The van der Waals surface area contributed by atoms with Crippen molar-refractivity contribution in [1.29, 1.82) is 0 Å². The molecule has 11 nitrogen and oxygen atoms in total. The molecular formula is C10H12N10O. The smallest absolute Gasteiger partial charge is 0.287 e. The molecule has 5 N–H and O–H groups in total. The van der Waals surface area contributed by atoms with Crippen molar-refractivity contribution in [2.75, 3.05) is 5.73 Å². The van der Waals surface area contributed by atoms with E-state index in [-0.39, 0.29) is 5.69 Å². The summed E-state index contributed by atoms with van der Waals surface area (Å²) in [4.78, 5) is 23.5. The van der Waals surface area contributed by atoms with Crippen molar-refractivity contribution in [2.45, 2.75) is 13.1 Å². The molecule has 0 atom stereocenters. The van der Waals surface area contributed by atoms with Crippen LogP contribution in [-0.2, 0) is 13.1 Å². The van der Waals surface area contributed by atoms with E-state index in [4.69, 9.17) is 11.6 Å². The fourth-order valence-corrected chi connectivity index (χ4v) is 1.86. The normalized spacial score (nSPS) is 10.9. The lowest BCUT2D eigenvalue weighted by atomic mass is 10.4. The number of hydrogen-bond acceptors (Lipinski definition) is 8. The fraction of sp³-hybridized carbons (Fsp3) is 0.200. The van der Waals surface area contributed by atoms with Gasteiger partial charge in [0.15, 0.2) is 17.2 Å². The summed E-state index contributed by atoms with van der Waals surface area (Å²) in [5, 5.41) is 7.56. The first-order valence-corrected chi connectivity index (χ1v) is 6.01. The number of amides is 1. The van der Waals surface area contributed by atoms with Gasteiger partial charge in [0.1, 0.15) is 11.8 Å². The van der Waals surface area contributed by atoms with E-state index < -0.39 is 5.91 Å². The van der Waals surface area contributed by atoms with E-state index in [0.29, 0.717) is 30.1 Å². The highest BCUT2D eigenvalue weighted by Gasteiger charge is 2.10. The van der Waals surface area contributed by atoms with Crippen molar-refractivity contribution in [3.05, 3.63) is 24.5 Å². The Morgan fingerprint density at radius 1 is 1.29 bits per heavy atom. The van der Waals surface area contributed by atoms with Crippen LogP contribution in [0.3, 0.4) is 0 Å². The molecule has 0 saturated carbocycles. The Morgan fingerprint density at radius 3 is 2.95 bits per heavy atom. The van der Waals surface area contributed by atoms with E-state index in [9.17, 15) is 4.79 Å². The molecule has 3 aromatic rings. The minimum absolute atomic E-state index is 0.152. The van der Waals surface area contributed by atoms with E-state index in [1.165, 1.54) is 17.2 Å². The SMILES string of the molecule is NNC(=O)c1cn(CCn2cnc3c(N)ncnc32)nn1. The number of nitrogens with one attached hydrogen (secondary N) is 1. The molecule has 3 heterocycles. The molecule has 0 bridgehead atoms. The lowest BCUT2D eigenvalue weighted by Gasteiger charge is -2.03. The quantitative estimate of drug-likeness (QED) is 0.291. The molecule has 1 amide bonds. The molecule has 0 aliphatic carbocycles. The van der Waals surface area contributed by atoms with E-state index in [0.717, 1.165) is 0 Å². The number of nitrogens with two attached hydrogens (primary N) is 2. The summed E-state index contributed by atoms with van der Waals surface area (Å²) in [5.74, 6) is 4.87. The second kappa shape index (κ2) is 5.13. The van der Waals surface area contributed by atoms with Crippen LogP contribution in [0.25, 0.3) is 11.2 Å². The summed E-state index contributed by atoms with van der Waals surface area (Å²) in [6.07, 6.45) is 4.51. The number of hydrazine groups is 1. The Morgan fingerprint density at radius 2 is 2.14 bits per heavy atom. The van der Waals surface area contributed by atoms with Gasteiger partial charge in [-0.1, -0.05) is 5.21 Å². The zero-order chi connectivity index (χ0) is 14.8. The van der Waals surface area contributed by atoms with Crippen LogP contribution in [0.1, 0.15) is 10.5 Å². The minimum atomic E-state index is -0.491. The van der Waals surface area contributed by atoms with Gasteiger partial charge in [0.05, 0.1) is 19.1 Å². The second-order valence-corrected chi connectivity index (χ2v) is 4.21. The molecule has 11 heteroatoms. The highest BCUT2D eigenvalue weighted by molar-refractivity contribution is 5.91. The van der Waals surface area contributed by atoms with Crippen LogP contribution in [0.5, 0.6) is 0 Å². The van der Waals surface area contributed by atoms with Crippen molar-refractivity contribution in [1.82, 2.24) is 39.9 Å². The number of aryl methyl sites for hydroxylation is 2. The van der Waals surface area contributed by atoms with Crippen LogP contribution in [0, 0.1) is 0 Å². The molecule has 3 aromatic heterocycles. The summed E-state index contributed by atoms with van der Waals surface area (Å²) in [7, 11) is 0. The molecule has 108 valence electrons. The molecule has 3 rings (SSSR count). The topological polar surface area (TPSA) is 155 Å². The molecule has 0 fully saturated rings. The average Bonchev–Trinajstić information content (AvgIpc) is 3.12. The van der Waals surface area contributed by atoms with Gasteiger partial charge in [0, 0.05) is 6.54 Å². The molecule has 0 spiro atoms. The number of imidazole rings is 1. The molecule has 0 aliphatic heterocycles. The van der Waals surface area contributed by atoms with Gasteiger partial charge in [-0.25, -0.2) is 25.5 Å². The number of nitrogens with zero attached hydrogens (tertiary/aromatic N) is 7. The highest BCUT2D eigenvalue weighted by atomic mass is 16.2. The molecular weight excluding hydrogens is 276 g/mol. The van der Waals surface area contributed by atoms with Gasteiger partial charge >= 0.3 is 0 Å². The van der Waals surface area contributed by atoms with Crippen LogP contribution in [0.4, 0.5) is 5.82 Å². The summed E-state index contributed by atoms with van der Waals surface area (Å²) in [6.45, 7) is 1.03. The van der Waals surface area contributed by atoms with E-state index in [2.05, 4.69) is 25.3 Å². The lowest BCUT2D eigenvalue weighted by Crippen LogP contribution is -2.30. The Kier molecular flexibility index (Phi) is 3.16. The maximum atomic E-state index is 11.3. The van der Waals surface area contributed by atoms with Crippen molar-refractivity contribution < 1.29 is 4.79 Å². The molecule has 0 saturated heterocycles. The van der Waals surface area contributed by atoms with E-state index in [1.807, 2.05) is 9.99 Å². The van der Waals surface area contributed by atoms with Crippen LogP contribution in [-0.4, -0.2) is 40.4 Å². The third kappa shape index (κ3) is 2.36. The maximum Gasteiger partial charge on any atom is 0.287 e. The largest absolute Gasteiger partial charge is 0.382 e. The number of fused-ring (bicyclic) bond motifs is 1. The first-order valence-electron chi connectivity index (χ1n) is 6.01. The van der Waals surface area contributed by atoms with Gasteiger partial charge in [0.25, 0.3) is 5.91 Å². The Labute approximate surface area is 117 Å². The molecule has 21 heavy (non-hydrogen) atoms. The van der Waals surface area contributed by atoms with Gasteiger partial charge in [-0.05, 0) is 0 Å². The molecule has 0 unspecified atom stereocenters. The van der Waals surface area contributed by atoms with Gasteiger partial charge in [-0.15, -0.1) is 5.10 Å². The van der Waals surface area contributed by atoms with Gasteiger partial charge in [-0.3, -0.25) is 10.2 Å². The Hall–Kier alpha value is -3.08. The van der Waals surface area contributed by atoms with Crippen molar-refractivity contribution in [3.8, 4) is 0 Å².